The maximum atomic E-state index is 13.8. The minimum absolute atomic E-state index is 0.191. The first-order valence-electron chi connectivity index (χ1n) is 5.26. The summed E-state index contributed by atoms with van der Waals surface area (Å²) in [7, 11) is 0. The number of halogens is 2. The SMILES string of the molecule is CCc1c(-c2ccccc2)ccc(Cl)c1F. The zero-order valence-electron chi connectivity index (χ0n) is 9.00. The molecule has 0 spiro atoms. The van der Waals surface area contributed by atoms with E-state index in [0.29, 0.717) is 12.0 Å². The van der Waals surface area contributed by atoms with Crippen molar-refractivity contribution in [3.8, 4) is 11.1 Å². The molecule has 2 aromatic carbocycles. The fourth-order valence-corrected chi connectivity index (χ4v) is 2.00. The Balaban J connectivity index is 2.62. The highest BCUT2D eigenvalue weighted by molar-refractivity contribution is 6.30. The second kappa shape index (κ2) is 4.67. The van der Waals surface area contributed by atoms with E-state index in [1.165, 1.54) is 0 Å². The van der Waals surface area contributed by atoms with Gasteiger partial charge >= 0.3 is 0 Å². The van der Waals surface area contributed by atoms with Gasteiger partial charge in [-0.15, -0.1) is 0 Å². The lowest BCUT2D eigenvalue weighted by Crippen LogP contribution is -1.93. The van der Waals surface area contributed by atoms with Crippen LogP contribution in [0.25, 0.3) is 11.1 Å². The van der Waals surface area contributed by atoms with E-state index in [0.717, 1.165) is 11.1 Å². The maximum Gasteiger partial charge on any atom is 0.145 e. The molecule has 0 N–H and O–H groups in total. The van der Waals surface area contributed by atoms with Crippen molar-refractivity contribution in [3.05, 3.63) is 58.9 Å². The molecule has 16 heavy (non-hydrogen) atoms. The molecule has 0 amide bonds. The molecule has 0 heterocycles. The number of benzene rings is 2. The van der Waals surface area contributed by atoms with Crippen molar-refractivity contribution in [1.29, 1.82) is 0 Å². The van der Waals surface area contributed by atoms with Crippen molar-refractivity contribution in [3.63, 3.8) is 0 Å². The van der Waals surface area contributed by atoms with Gasteiger partial charge < -0.3 is 0 Å². The molecule has 0 saturated heterocycles. The Labute approximate surface area is 99.7 Å². The van der Waals surface area contributed by atoms with Crippen LogP contribution in [0.5, 0.6) is 0 Å². The summed E-state index contributed by atoms with van der Waals surface area (Å²) in [6.07, 6.45) is 0.636. The van der Waals surface area contributed by atoms with E-state index in [1.54, 1.807) is 6.07 Å². The Morgan fingerprint density at radius 3 is 2.38 bits per heavy atom. The minimum atomic E-state index is -0.300. The Hall–Kier alpha value is -1.34. The first kappa shape index (κ1) is 11.2. The van der Waals surface area contributed by atoms with E-state index in [2.05, 4.69) is 0 Å². The van der Waals surface area contributed by atoms with E-state index < -0.39 is 0 Å². The molecule has 0 aliphatic heterocycles. The van der Waals surface area contributed by atoms with Crippen molar-refractivity contribution in [1.82, 2.24) is 0 Å². The van der Waals surface area contributed by atoms with Gasteiger partial charge in [0.15, 0.2) is 0 Å². The lowest BCUT2D eigenvalue weighted by atomic mass is 9.98. The summed E-state index contributed by atoms with van der Waals surface area (Å²) >= 11 is 5.78. The topological polar surface area (TPSA) is 0 Å². The molecule has 0 aromatic heterocycles. The molecule has 0 atom stereocenters. The van der Waals surface area contributed by atoms with Crippen molar-refractivity contribution in [2.75, 3.05) is 0 Å². The van der Waals surface area contributed by atoms with Crippen molar-refractivity contribution >= 4 is 11.6 Å². The van der Waals surface area contributed by atoms with Gasteiger partial charge in [0.2, 0.25) is 0 Å². The third kappa shape index (κ3) is 1.96. The molecule has 0 unspecified atom stereocenters. The van der Waals surface area contributed by atoms with Crippen LogP contribution in [-0.4, -0.2) is 0 Å². The van der Waals surface area contributed by atoms with Gasteiger partial charge in [-0.25, -0.2) is 4.39 Å². The van der Waals surface area contributed by atoms with Gasteiger partial charge in [-0.3, -0.25) is 0 Å². The predicted molar refractivity (Wildman–Crippen MR) is 66.2 cm³/mol. The minimum Gasteiger partial charge on any atom is -0.205 e. The van der Waals surface area contributed by atoms with E-state index in [1.807, 2.05) is 43.3 Å². The predicted octanol–water partition coefficient (Wildman–Crippen LogP) is 4.71. The summed E-state index contributed by atoms with van der Waals surface area (Å²) < 4.78 is 13.8. The van der Waals surface area contributed by atoms with Crippen LogP contribution in [0.2, 0.25) is 5.02 Å². The summed E-state index contributed by atoms with van der Waals surface area (Å²) in [6, 6.07) is 13.3. The van der Waals surface area contributed by atoms with Crippen LogP contribution in [-0.2, 0) is 6.42 Å². The maximum absolute atomic E-state index is 13.8. The number of hydrogen-bond donors (Lipinski definition) is 0. The van der Waals surface area contributed by atoms with Crippen LogP contribution in [0, 0.1) is 5.82 Å². The molecule has 2 aromatic rings. The largest absolute Gasteiger partial charge is 0.205 e. The van der Waals surface area contributed by atoms with Crippen LogP contribution in [0.3, 0.4) is 0 Å². The fourth-order valence-electron chi connectivity index (χ4n) is 1.83. The standard InChI is InChI=1S/C14H12ClF/c1-2-11-12(8-9-13(15)14(11)16)10-6-4-3-5-7-10/h3-9H,2H2,1H3. The third-order valence-electron chi connectivity index (χ3n) is 2.63. The van der Waals surface area contributed by atoms with Gasteiger partial charge in [0.05, 0.1) is 5.02 Å². The summed E-state index contributed by atoms with van der Waals surface area (Å²) in [5, 5.41) is 0.191. The summed E-state index contributed by atoms with van der Waals surface area (Å²) in [6.45, 7) is 1.93. The normalized spacial score (nSPS) is 10.4. The van der Waals surface area contributed by atoms with Crippen LogP contribution in [0.15, 0.2) is 42.5 Å². The first-order chi connectivity index (χ1) is 7.74. The molecular weight excluding hydrogens is 223 g/mol. The van der Waals surface area contributed by atoms with E-state index >= 15 is 0 Å². The lowest BCUT2D eigenvalue weighted by molar-refractivity contribution is 0.613. The van der Waals surface area contributed by atoms with E-state index in [-0.39, 0.29) is 10.8 Å². The van der Waals surface area contributed by atoms with Gasteiger partial charge in [-0.1, -0.05) is 54.9 Å². The average Bonchev–Trinajstić information content (AvgIpc) is 2.33. The van der Waals surface area contributed by atoms with Gasteiger partial charge in [-0.05, 0) is 29.2 Å². The number of rotatable bonds is 2. The van der Waals surface area contributed by atoms with Gasteiger partial charge in [0.25, 0.3) is 0 Å². The molecule has 0 aliphatic carbocycles. The van der Waals surface area contributed by atoms with Gasteiger partial charge in [0, 0.05) is 0 Å². The van der Waals surface area contributed by atoms with Gasteiger partial charge in [-0.2, -0.15) is 0 Å². The molecular formula is C14H12ClF. The molecule has 0 bridgehead atoms. The highest BCUT2D eigenvalue weighted by atomic mass is 35.5. The molecule has 0 nitrogen and oxygen atoms in total. The highest BCUT2D eigenvalue weighted by Gasteiger charge is 2.11. The van der Waals surface area contributed by atoms with Crippen LogP contribution in [0.1, 0.15) is 12.5 Å². The Morgan fingerprint density at radius 1 is 1.06 bits per heavy atom. The Morgan fingerprint density at radius 2 is 1.75 bits per heavy atom. The average molecular weight is 235 g/mol. The van der Waals surface area contributed by atoms with Gasteiger partial charge in [0.1, 0.15) is 5.82 Å². The van der Waals surface area contributed by atoms with Crippen molar-refractivity contribution in [2.45, 2.75) is 13.3 Å². The van der Waals surface area contributed by atoms with Crippen molar-refractivity contribution < 1.29 is 4.39 Å². The van der Waals surface area contributed by atoms with E-state index in [9.17, 15) is 4.39 Å². The second-order valence-corrected chi connectivity index (χ2v) is 4.01. The molecule has 2 rings (SSSR count). The molecule has 2 heteroatoms. The molecule has 0 saturated carbocycles. The Bertz CT molecular complexity index is 492. The van der Waals surface area contributed by atoms with Crippen molar-refractivity contribution in [2.24, 2.45) is 0 Å². The molecule has 0 aliphatic rings. The summed E-state index contributed by atoms with van der Waals surface area (Å²) in [5.74, 6) is -0.300. The highest BCUT2D eigenvalue weighted by Crippen LogP contribution is 2.29. The first-order valence-corrected chi connectivity index (χ1v) is 5.64. The third-order valence-corrected chi connectivity index (χ3v) is 2.93. The Kier molecular flexibility index (Phi) is 3.25. The molecule has 82 valence electrons. The van der Waals surface area contributed by atoms with E-state index in [4.69, 9.17) is 11.6 Å². The van der Waals surface area contributed by atoms with Crippen LogP contribution < -0.4 is 0 Å². The molecule has 0 fully saturated rings. The lowest BCUT2D eigenvalue weighted by Gasteiger charge is -2.10. The van der Waals surface area contributed by atoms with Crippen LogP contribution in [0.4, 0.5) is 4.39 Å². The second-order valence-electron chi connectivity index (χ2n) is 3.61. The fraction of sp³-hybridized carbons (Fsp3) is 0.143. The monoisotopic (exact) mass is 234 g/mol. The zero-order chi connectivity index (χ0) is 11.5. The van der Waals surface area contributed by atoms with Crippen LogP contribution >= 0.6 is 11.6 Å². The summed E-state index contributed by atoms with van der Waals surface area (Å²) in [4.78, 5) is 0. The quantitative estimate of drug-likeness (QED) is 0.706. The number of hydrogen-bond acceptors (Lipinski definition) is 0. The molecule has 0 radical (unpaired) electrons. The zero-order valence-corrected chi connectivity index (χ0v) is 9.76. The smallest absolute Gasteiger partial charge is 0.145 e. The summed E-state index contributed by atoms with van der Waals surface area (Å²) in [5.41, 5.74) is 2.62.